The zero-order valence-corrected chi connectivity index (χ0v) is 19.9. The second kappa shape index (κ2) is 9.88. The van der Waals surface area contributed by atoms with Crippen molar-refractivity contribution in [3.8, 4) is 6.07 Å². The Kier molecular flexibility index (Phi) is 6.97. The Labute approximate surface area is 195 Å². The minimum atomic E-state index is -0.194. The summed E-state index contributed by atoms with van der Waals surface area (Å²) >= 11 is 2.79. The van der Waals surface area contributed by atoms with Crippen LogP contribution in [0.5, 0.6) is 0 Å². The SMILES string of the molecule is CC[C@H](C)n1c(SCC(=O)Nc2sc3c(c2C#N)CCCCC3)nc2ccccc2c1=O. The number of hydrogen-bond donors (Lipinski definition) is 1. The van der Waals surface area contributed by atoms with Gasteiger partial charge in [0.2, 0.25) is 5.91 Å². The molecule has 8 heteroatoms. The molecule has 0 spiro atoms. The van der Waals surface area contributed by atoms with Crippen molar-refractivity contribution in [3.05, 3.63) is 50.6 Å². The predicted molar refractivity (Wildman–Crippen MR) is 131 cm³/mol. The first-order chi connectivity index (χ1) is 15.5. The van der Waals surface area contributed by atoms with Crippen LogP contribution in [0.3, 0.4) is 0 Å². The van der Waals surface area contributed by atoms with Crippen molar-refractivity contribution in [1.82, 2.24) is 9.55 Å². The smallest absolute Gasteiger partial charge is 0.262 e. The fourth-order valence-corrected chi connectivity index (χ4v) is 6.19. The van der Waals surface area contributed by atoms with Crippen LogP contribution in [0.15, 0.2) is 34.2 Å². The summed E-state index contributed by atoms with van der Waals surface area (Å²) in [7, 11) is 0. The maximum absolute atomic E-state index is 13.1. The number of nitrogens with zero attached hydrogens (tertiary/aromatic N) is 3. The minimum absolute atomic E-state index is 0.0247. The highest BCUT2D eigenvalue weighted by atomic mass is 32.2. The Morgan fingerprint density at radius 3 is 2.88 bits per heavy atom. The van der Waals surface area contributed by atoms with Gasteiger partial charge in [0.15, 0.2) is 5.16 Å². The van der Waals surface area contributed by atoms with E-state index < -0.39 is 0 Å². The molecule has 0 unspecified atom stereocenters. The maximum Gasteiger partial charge on any atom is 0.262 e. The molecule has 1 aliphatic rings. The van der Waals surface area contributed by atoms with Gasteiger partial charge in [-0.2, -0.15) is 5.26 Å². The van der Waals surface area contributed by atoms with Crippen LogP contribution >= 0.6 is 23.1 Å². The molecular formula is C24H26N4O2S2. The van der Waals surface area contributed by atoms with Gasteiger partial charge in [0.05, 0.1) is 22.2 Å². The molecule has 0 fully saturated rings. The number of para-hydroxylation sites is 1. The number of carbonyl (C=O) groups excluding carboxylic acids is 1. The van der Waals surface area contributed by atoms with Gasteiger partial charge in [0.1, 0.15) is 11.1 Å². The number of aromatic nitrogens is 2. The minimum Gasteiger partial charge on any atom is -0.316 e. The summed E-state index contributed by atoms with van der Waals surface area (Å²) in [5.74, 6) is -0.0738. The molecule has 1 aromatic carbocycles. The number of benzene rings is 1. The Hall–Kier alpha value is -2.63. The van der Waals surface area contributed by atoms with E-state index in [2.05, 4.69) is 16.4 Å². The number of anilines is 1. The van der Waals surface area contributed by atoms with Crippen molar-refractivity contribution < 1.29 is 4.79 Å². The highest BCUT2D eigenvalue weighted by Crippen LogP contribution is 2.37. The third-order valence-corrected chi connectivity index (χ3v) is 8.09. The van der Waals surface area contributed by atoms with Crippen molar-refractivity contribution in [1.29, 1.82) is 5.26 Å². The molecule has 0 radical (unpaired) electrons. The van der Waals surface area contributed by atoms with Crippen molar-refractivity contribution in [2.75, 3.05) is 11.1 Å². The van der Waals surface area contributed by atoms with Crippen molar-refractivity contribution in [3.63, 3.8) is 0 Å². The van der Waals surface area contributed by atoms with E-state index in [4.69, 9.17) is 0 Å². The zero-order valence-electron chi connectivity index (χ0n) is 18.3. The number of amides is 1. The molecular weight excluding hydrogens is 440 g/mol. The molecule has 1 aliphatic carbocycles. The van der Waals surface area contributed by atoms with Gasteiger partial charge in [-0.25, -0.2) is 4.98 Å². The van der Waals surface area contributed by atoms with E-state index in [0.29, 0.717) is 26.6 Å². The topological polar surface area (TPSA) is 87.8 Å². The van der Waals surface area contributed by atoms with E-state index in [1.54, 1.807) is 10.6 Å². The van der Waals surface area contributed by atoms with Gasteiger partial charge in [-0.15, -0.1) is 11.3 Å². The average Bonchev–Trinajstić information content (AvgIpc) is 2.95. The number of nitriles is 1. The number of rotatable bonds is 6. The molecule has 0 saturated carbocycles. The lowest BCUT2D eigenvalue weighted by atomic mass is 10.1. The monoisotopic (exact) mass is 466 g/mol. The largest absolute Gasteiger partial charge is 0.316 e. The van der Waals surface area contributed by atoms with E-state index in [1.165, 1.54) is 34.4 Å². The van der Waals surface area contributed by atoms with Crippen LogP contribution in [0.1, 0.15) is 61.6 Å². The Bertz CT molecular complexity index is 1260. The molecule has 1 N–H and O–H groups in total. The van der Waals surface area contributed by atoms with Gasteiger partial charge in [0, 0.05) is 10.9 Å². The first kappa shape index (κ1) is 22.6. The molecule has 166 valence electrons. The lowest BCUT2D eigenvalue weighted by Gasteiger charge is -2.18. The molecule has 0 saturated heterocycles. The standard InChI is InChI=1S/C24H26N4O2S2/c1-3-15(2)28-23(30)17-10-7-8-11-19(17)26-24(28)31-14-21(29)27-22-18(13-25)16-9-5-4-6-12-20(16)32-22/h7-8,10-11,15H,3-6,9,12,14H2,1-2H3,(H,27,29)/t15-/m0/s1. The van der Waals surface area contributed by atoms with E-state index in [1.807, 2.05) is 32.0 Å². The van der Waals surface area contributed by atoms with Crippen LogP contribution < -0.4 is 10.9 Å². The highest BCUT2D eigenvalue weighted by molar-refractivity contribution is 7.99. The summed E-state index contributed by atoms with van der Waals surface area (Å²) in [6, 6.07) is 9.57. The number of fused-ring (bicyclic) bond motifs is 2. The molecule has 2 heterocycles. The predicted octanol–water partition coefficient (Wildman–Crippen LogP) is 5.30. The fourth-order valence-electron chi connectivity index (χ4n) is 4.04. The maximum atomic E-state index is 13.1. The third kappa shape index (κ3) is 4.45. The molecule has 2 aromatic heterocycles. The molecule has 1 amide bonds. The van der Waals surface area contributed by atoms with E-state index in [9.17, 15) is 14.9 Å². The molecule has 1 atom stereocenters. The van der Waals surface area contributed by atoms with Crippen molar-refractivity contribution >= 4 is 44.9 Å². The lowest BCUT2D eigenvalue weighted by molar-refractivity contribution is -0.113. The first-order valence-electron chi connectivity index (χ1n) is 11.0. The number of thioether (sulfide) groups is 1. The van der Waals surface area contributed by atoms with Gasteiger partial charge in [-0.1, -0.05) is 37.2 Å². The molecule has 3 aromatic rings. The average molecular weight is 467 g/mol. The van der Waals surface area contributed by atoms with Gasteiger partial charge < -0.3 is 5.32 Å². The molecule has 0 aliphatic heterocycles. The Balaban J connectivity index is 1.56. The molecule has 6 nitrogen and oxygen atoms in total. The zero-order chi connectivity index (χ0) is 22.7. The summed E-state index contributed by atoms with van der Waals surface area (Å²) in [6.45, 7) is 4.01. The van der Waals surface area contributed by atoms with Crippen LogP contribution in [-0.2, 0) is 17.6 Å². The second-order valence-electron chi connectivity index (χ2n) is 8.06. The van der Waals surface area contributed by atoms with Crippen molar-refractivity contribution in [2.45, 2.75) is 63.6 Å². The molecule has 4 rings (SSSR count). The van der Waals surface area contributed by atoms with E-state index in [0.717, 1.165) is 37.7 Å². The lowest BCUT2D eigenvalue weighted by Crippen LogP contribution is -2.26. The Morgan fingerprint density at radius 1 is 1.31 bits per heavy atom. The van der Waals surface area contributed by atoms with Gasteiger partial charge in [-0.3, -0.25) is 14.2 Å². The van der Waals surface area contributed by atoms with Gasteiger partial charge >= 0.3 is 0 Å². The second-order valence-corrected chi connectivity index (χ2v) is 10.1. The number of aryl methyl sites for hydroxylation is 1. The van der Waals surface area contributed by atoms with E-state index >= 15 is 0 Å². The summed E-state index contributed by atoms with van der Waals surface area (Å²) in [4.78, 5) is 31.8. The summed E-state index contributed by atoms with van der Waals surface area (Å²) in [6.07, 6.45) is 6.06. The summed E-state index contributed by atoms with van der Waals surface area (Å²) in [5.41, 5.74) is 2.28. The summed E-state index contributed by atoms with van der Waals surface area (Å²) in [5, 5.41) is 14.4. The highest BCUT2D eigenvalue weighted by Gasteiger charge is 2.22. The van der Waals surface area contributed by atoms with E-state index in [-0.39, 0.29) is 23.3 Å². The van der Waals surface area contributed by atoms with Crippen LogP contribution in [0.2, 0.25) is 0 Å². The van der Waals surface area contributed by atoms with Crippen LogP contribution in [0, 0.1) is 11.3 Å². The fraction of sp³-hybridized carbons (Fsp3) is 0.417. The van der Waals surface area contributed by atoms with Crippen LogP contribution in [0.25, 0.3) is 10.9 Å². The number of thiophene rings is 1. The van der Waals surface area contributed by atoms with Crippen LogP contribution in [-0.4, -0.2) is 21.2 Å². The summed E-state index contributed by atoms with van der Waals surface area (Å²) < 4.78 is 1.69. The normalized spacial score (nSPS) is 14.4. The molecule has 32 heavy (non-hydrogen) atoms. The quantitative estimate of drug-likeness (QED) is 0.303. The number of hydrogen-bond acceptors (Lipinski definition) is 6. The van der Waals surface area contributed by atoms with Gasteiger partial charge in [0.25, 0.3) is 5.56 Å². The van der Waals surface area contributed by atoms with Crippen molar-refractivity contribution in [2.24, 2.45) is 0 Å². The van der Waals surface area contributed by atoms with Gasteiger partial charge in [-0.05, 0) is 56.7 Å². The molecule has 0 bridgehead atoms. The Morgan fingerprint density at radius 2 is 2.09 bits per heavy atom. The number of carbonyl (C=O) groups is 1. The number of nitrogens with one attached hydrogen (secondary N) is 1. The van der Waals surface area contributed by atoms with Crippen LogP contribution in [0.4, 0.5) is 5.00 Å². The first-order valence-corrected chi connectivity index (χ1v) is 12.8. The third-order valence-electron chi connectivity index (χ3n) is 5.93.